The Morgan fingerprint density at radius 3 is 2.19 bits per heavy atom. The predicted octanol–water partition coefficient (Wildman–Crippen LogP) is 1.68. The van der Waals surface area contributed by atoms with E-state index < -0.39 is 0 Å². The second kappa shape index (κ2) is 16.0. The van der Waals surface area contributed by atoms with Crippen molar-refractivity contribution in [3.05, 3.63) is 35.9 Å². The number of carbonyl (C=O) groups is 2. The summed E-state index contributed by atoms with van der Waals surface area (Å²) in [6, 6.07) is 9.29. The molecule has 0 aliphatic carbocycles. The van der Waals surface area contributed by atoms with E-state index in [1.54, 1.807) is 0 Å². The topological polar surface area (TPSA) is 87.7 Å². The molecule has 0 spiro atoms. The third kappa shape index (κ3) is 12.7. The summed E-state index contributed by atoms with van der Waals surface area (Å²) in [6.07, 6.45) is 0.176. The molecule has 0 aliphatic heterocycles. The fourth-order valence-electron chi connectivity index (χ4n) is 1.22. The second-order valence-corrected chi connectivity index (χ2v) is 3.42. The lowest BCUT2D eigenvalue weighted by atomic mass is 10.2. The Morgan fingerprint density at radius 2 is 1.67 bits per heavy atom. The highest BCUT2D eigenvalue weighted by molar-refractivity contribution is 5.75. The number of urea groups is 1. The molecule has 1 aromatic carbocycles. The molecule has 0 radical (unpaired) electrons. The van der Waals surface area contributed by atoms with Gasteiger partial charge in [-0.15, -0.1) is 0 Å². The van der Waals surface area contributed by atoms with Crippen LogP contribution in [0.5, 0.6) is 0 Å². The van der Waals surface area contributed by atoms with Crippen molar-refractivity contribution in [3.63, 3.8) is 0 Å². The number of rotatable bonds is 5. The third-order valence-electron chi connectivity index (χ3n) is 2.14. The van der Waals surface area contributed by atoms with Crippen LogP contribution >= 0.6 is 0 Å². The van der Waals surface area contributed by atoms with Crippen LogP contribution in [-0.4, -0.2) is 37.9 Å². The number of aliphatic hydroxyl groups is 1. The molecular weight excluding hydrogens is 272 g/mol. The lowest BCUT2D eigenvalue weighted by molar-refractivity contribution is -0.140. The smallest absolute Gasteiger partial charge is 0.315 e. The average molecular weight is 298 g/mol. The summed E-state index contributed by atoms with van der Waals surface area (Å²) in [5.41, 5.74) is 1.02. The van der Waals surface area contributed by atoms with Crippen LogP contribution in [0, 0.1) is 0 Å². The molecule has 6 nitrogen and oxygen atoms in total. The minimum Gasteiger partial charge on any atom is -0.469 e. The first kappa shape index (κ1) is 21.2. The van der Waals surface area contributed by atoms with Gasteiger partial charge in [0.1, 0.15) is 0 Å². The van der Waals surface area contributed by atoms with E-state index in [4.69, 9.17) is 5.11 Å². The number of hydrogen-bond acceptors (Lipinski definition) is 4. The first-order chi connectivity index (χ1) is 10.2. The van der Waals surface area contributed by atoms with E-state index in [0.29, 0.717) is 6.54 Å². The van der Waals surface area contributed by atoms with Crippen molar-refractivity contribution < 1.29 is 19.4 Å². The largest absolute Gasteiger partial charge is 0.469 e. The Bertz CT molecular complexity index is 369. The molecule has 6 heteroatoms. The standard InChI is InChI=1S/C12H16N2O3.C2H6.CH4O/c1-17-11(15)7-8-13-12(16)14-9-10-5-3-2-4-6-10;2*1-2/h2-6H,7-9H2,1H3,(H2,13,14,16);1-2H3;2H,1H3. The van der Waals surface area contributed by atoms with E-state index in [2.05, 4.69) is 15.4 Å². The molecule has 0 bridgehead atoms. The Balaban J connectivity index is 0. The van der Waals surface area contributed by atoms with Crippen molar-refractivity contribution in [2.75, 3.05) is 20.8 Å². The Kier molecular flexibility index (Phi) is 16.1. The van der Waals surface area contributed by atoms with E-state index in [1.165, 1.54) is 7.11 Å². The maximum Gasteiger partial charge on any atom is 0.315 e. The Hall–Kier alpha value is -2.08. The maximum atomic E-state index is 11.3. The van der Waals surface area contributed by atoms with Gasteiger partial charge in [-0.25, -0.2) is 4.79 Å². The van der Waals surface area contributed by atoms with Crippen molar-refractivity contribution in [2.24, 2.45) is 0 Å². The van der Waals surface area contributed by atoms with E-state index in [0.717, 1.165) is 12.7 Å². The molecule has 0 heterocycles. The first-order valence-electron chi connectivity index (χ1n) is 6.79. The van der Waals surface area contributed by atoms with Gasteiger partial charge in [-0.3, -0.25) is 4.79 Å². The van der Waals surface area contributed by atoms with Gasteiger partial charge >= 0.3 is 12.0 Å². The van der Waals surface area contributed by atoms with E-state index in [9.17, 15) is 9.59 Å². The SMILES string of the molecule is CC.CO.COC(=O)CCNC(=O)NCc1ccccc1. The van der Waals surface area contributed by atoms with Gasteiger partial charge in [-0.2, -0.15) is 0 Å². The second-order valence-electron chi connectivity index (χ2n) is 3.42. The number of nitrogens with one attached hydrogen (secondary N) is 2. The molecule has 0 fully saturated rings. The van der Waals surface area contributed by atoms with Crippen LogP contribution in [0.1, 0.15) is 25.8 Å². The van der Waals surface area contributed by atoms with Crippen LogP contribution in [0.25, 0.3) is 0 Å². The fourth-order valence-corrected chi connectivity index (χ4v) is 1.22. The number of amides is 2. The lowest BCUT2D eigenvalue weighted by Gasteiger charge is -2.06. The number of carbonyl (C=O) groups excluding carboxylic acids is 2. The fraction of sp³-hybridized carbons (Fsp3) is 0.467. The van der Waals surface area contributed by atoms with Gasteiger partial charge in [0.15, 0.2) is 0 Å². The normalized spacial score (nSPS) is 8.24. The zero-order chi connectivity index (χ0) is 16.5. The van der Waals surface area contributed by atoms with Crippen LogP contribution in [0.4, 0.5) is 4.79 Å². The average Bonchev–Trinajstić information content (AvgIpc) is 2.57. The molecule has 3 N–H and O–H groups in total. The summed E-state index contributed by atoms with van der Waals surface area (Å²) in [5, 5.41) is 12.3. The van der Waals surface area contributed by atoms with Gasteiger partial charge in [-0.1, -0.05) is 44.2 Å². The highest BCUT2D eigenvalue weighted by Crippen LogP contribution is 1.96. The van der Waals surface area contributed by atoms with Crippen molar-refractivity contribution >= 4 is 12.0 Å². The van der Waals surface area contributed by atoms with Crippen LogP contribution < -0.4 is 10.6 Å². The minimum absolute atomic E-state index is 0.176. The highest BCUT2D eigenvalue weighted by Gasteiger charge is 2.02. The molecule has 0 aromatic heterocycles. The van der Waals surface area contributed by atoms with Crippen molar-refractivity contribution in [2.45, 2.75) is 26.8 Å². The van der Waals surface area contributed by atoms with E-state index in [-0.39, 0.29) is 25.0 Å². The third-order valence-corrected chi connectivity index (χ3v) is 2.14. The molecule has 0 saturated carbocycles. The molecular formula is C15H26N2O4. The quantitative estimate of drug-likeness (QED) is 0.722. The van der Waals surface area contributed by atoms with Crippen molar-refractivity contribution in [1.82, 2.24) is 10.6 Å². The first-order valence-corrected chi connectivity index (χ1v) is 6.79. The van der Waals surface area contributed by atoms with Gasteiger partial charge in [-0.05, 0) is 5.56 Å². The summed E-state index contributed by atoms with van der Waals surface area (Å²) < 4.78 is 4.45. The number of esters is 1. The molecule has 1 rings (SSSR count). The molecule has 0 atom stereocenters. The van der Waals surface area contributed by atoms with Crippen LogP contribution in [0.3, 0.4) is 0 Å². The molecule has 0 saturated heterocycles. The van der Waals surface area contributed by atoms with Gasteiger partial charge in [0.2, 0.25) is 0 Å². The molecule has 0 aliphatic rings. The van der Waals surface area contributed by atoms with Gasteiger partial charge in [0.05, 0.1) is 13.5 Å². The maximum absolute atomic E-state index is 11.3. The van der Waals surface area contributed by atoms with Gasteiger partial charge in [0, 0.05) is 20.2 Å². The number of methoxy groups -OCH3 is 1. The monoisotopic (exact) mass is 298 g/mol. The lowest BCUT2D eigenvalue weighted by Crippen LogP contribution is -2.36. The summed E-state index contributed by atoms with van der Waals surface area (Å²) in [7, 11) is 2.32. The number of benzene rings is 1. The highest BCUT2D eigenvalue weighted by atomic mass is 16.5. The summed E-state index contributed by atoms with van der Waals surface area (Å²) in [6.45, 7) is 4.73. The van der Waals surface area contributed by atoms with E-state index >= 15 is 0 Å². The van der Waals surface area contributed by atoms with Gasteiger partial charge in [0.25, 0.3) is 0 Å². The number of aliphatic hydroxyl groups excluding tert-OH is 1. The zero-order valence-electron chi connectivity index (χ0n) is 13.2. The summed E-state index contributed by atoms with van der Waals surface area (Å²) in [5.74, 6) is -0.339. The van der Waals surface area contributed by atoms with E-state index in [1.807, 2.05) is 44.2 Å². The van der Waals surface area contributed by atoms with Crippen LogP contribution in [-0.2, 0) is 16.1 Å². The van der Waals surface area contributed by atoms with Crippen molar-refractivity contribution in [1.29, 1.82) is 0 Å². The molecule has 0 unspecified atom stereocenters. The Morgan fingerprint density at radius 1 is 1.10 bits per heavy atom. The van der Waals surface area contributed by atoms with Crippen LogP contribution in [0.2, 0.25) is 0 Å². The van der Waals surface area contributed by atoms with Crippen LogP contribution in [0.15, 0.2) is 30.3 Å². The Labute approximate surface area is 126 Å². The molecule has 120 valence electrons. The molecule has 2 amide bonds. The summed E-state index contributed by atoms with van der Waals surface area (Å²) >= 11 is 0. The zero-order valence-corrected chi connectivity index (χ0v) is 13.2. The molecule has 1 aromatic rings. The predicted molar refractivity (Wildman–Crippen MR) is 82.8 cm³/mol. The minimum atomic E-state index is -0.339. The number of ether oxygens (including phenoxy) is 1. The summed E-state index contributed by atoms with van der Waals surface area (Å²) in [4.78, 5) is 22.1. The molecule has 21 heavy (non-hydrogen) atoms. The van der Waals surface area contributed by atoms with Gasteiger partial charge < -0.3 is 20.5 Å². The number of hydrogen-bond donors (Lipinski definition) is 3. The van der Waals surface area contributed by atoms with Crippen molar-refractivity contribution in [3.8, 4) is 0 Å².